The normalized spacial score (nSPS) is 12.3. The molecule has 1 atom stereocenters. The predicted molar refractivity (Wildman–Crippen MR) is 70.7 cm³/mol. The summed E-state index contributed by atoms with van der Waals surface area (Å²) >= 11 is 0. The average Bonchev–Trinajstić information content (AvgIpc) is 2.28. The van der Waals surface area contributed by atoms with E-state index in [2.05, 4.69) is 5.32 Å². The summed E-state index contributed by atoms with van der Waals surface area (Å²) in [5, 5.41) is 11.5. The molecule has 0 aliphatic heterocycles. The van der Waals surface area contributed by atoms with E-state index in [1.165, 1.54) is 13.0 Å². The molecule has 0 saturated heterocycles. The van der Waals surface area contributed by atoms with E-state index >= 15 is 0 Å². The van der Waals surface area contributed by atoms with E-state index in [-0.39, 0.29) is 11.9 Å². The number of halogens is 1. The highest BCUT2D eigenvalue weighted by Crippen LogP contribution is 2.23. The Hall–Kier alpha value is -1.78. The minimum Gasteiger partial charge on any atom is -0.480 e. The minimum absolute atomic E-state index is 0.191. The van der Waals surface area contributed by atoms with Crippen LogP contribution in [0, 0.1) is 5.82 Å². The smallest absolute Gasteiger partial charge is 0.325 e. The van der Waals surface area contributed by atoms with Crippen LogP contribution in [0.4, 0.5) is 15.8 Å². The molecule has 1 unspecified atom stereocenters. The maximum Gasteiger partial charge on any atom is 0.325 e. The van der Waals surface area contributed by atoms with Gasteiger partial charge in [-0.05, 0) is 39.0 Å². The van der Waals surface area contributed by atoms with Gasteiger partial charge in [-0.3, -0.25) is 4.79 Å². The Morgan fingerprint density at radius 1 is 1.39 bits per heavy atom. The fourth-order valence-corrected chi connectivity index (χ4v) is 1.47. The van der Waals surface area contributed by atoms with Gasteiger partial charge in [0.1, 0.15) is 11.9 Å². The van der Waals surface area contributed by atoms with Gasteiger partial charge in [0.2, 0.25) is 0 Å². The number of hydrogen-bond acceptors (Lipinski definition) is 3. The number of carbonyl (C=O) groups is 1. The fraction of sp³-hybridized carbons (Fsp3) is 0.462. The number of aliphatic carboxylic acids is 1. The van der Waals surface area contributed by atoms with Crippen LogP contribution in [0.5, 0.6) is 0 Å². The van der Waals surface area contributed by atoms with Crippen LogP contribution < -0.4 is 10.2 Å². The third-order valence-electron chi connectivity index (χ3n) is 2.86. The van der Waals surface area contributed by atoms with Gasteiger partial charge in [-0.25, -0.2) is 4.39 Å². The molecule has 5 heteroatoms. The van der Waals surface area contributed by atoms with Crippen molar-refractivity contribution in [3.63, 3.8) is 0 Å². The summed E-state index contributed by atoms with van der Waals surface area (Å²) in [4.78, 5) is 12.5. The molecule has 0 fully saturated rings. The highest BCUT2D eigenvalue weighted by molar-refractivity contribution is 5.77. The monoisotopic (exact) mass is 254 g/mol. The predicted octanol–water partition coefficient (Wildman–Crippen LogP) is 2.56. The molecule has 0 aromatic heterocycles. The molecular formula is C13H19FN2O2. The molecule has 0 saturated carbocycles. The van der Waals surface area contributed by atoms with E-state index in [1.807, 2.05) is 25.8 Å². The molecule has 0 spiro atoms. The van der Waals surface area contributed by atoms with Crippen LogP contribution in [0.15, 0.2) is 18.2 Å². The molecule has 0 aliphatic rings. The lowest BCUT2D eigenvalue weighted by atomic mass is 10.2. The number of anilines is 2. The number of carboxylic acid groups (broad SMARTS) is 1. The van der Waals surface area contributed by atoms with E-state index < -0.39 is 12.0 Å². The van der Waals surface area contributed by atoms with Crippen LogP contribution in [0.25, 0.3) is 0 Å². The maximum absolute atomic E-state index is 13.9. The van der Waals surface area contributed by atoms with Gasteiger partial charge in [0, 0.05) is 18.8 Å². The van der Waals surface area contributed by atoms with Crippen LogP contribution in [-0.4, -0.2) is 30.2 Å². The quantitative estimate of drug-likeness (QED) is 0.848. The second-order valence-electron chi connectivity index (χ2n) is 4.58. The summed E-state index contributed by atoms with van der Waals surface area (Å²) in [7, 11) is 1.82. The van der Waals surface area contributed by atoms with Crippen molar-refractivity contribution in [3.8, 4) is 0 Å². The Labute approximate surface area is 106 Å². The zero-order valence-corrected chi connectivity index (χ0v) is 11.1. The lowest BCUT2D eigenvalue weighted by molar-refractivity contribution is -0.137. The van der Waals surface area contributed by atoms with E-state index in [4.69, 9.17) is 5.11 Å². The Bertz CT molecular complexity index is 435. The van der Waals surface area contributed by atoms with Crippen LogP contribution in [-0.2, 0) is 4.79 Å². The summed E-state index contributed by atoms with van der Waals surface area (Å²) < 4.78 is 13.9. The molecule has 1 rings (SSSR count). The van der Waals surface area contributed by atoms with Gasteiger partial charge in [0.15, 0.2) is 0 Å². The molecule has 1 aromatic carbocycles. The van der Waals surface area contributed by atoms with Gasteiger partial charge in [-0.2, -0.15) is 0 Å². The van der Waals surface area contributed by atoms with Gasteiger partial charge in [0.25, 0.3) is 0 Å². The van der Waals surface area contributed by atoms with Gasteiger partial charge in [0.05, 0.1) is 5.69 Å². The number of carboxylic acids is 1. The minimum atomic E-state index is -0.973. The van der Waals surface area contributed by atoms with Crippen LogP contribution in [0.2, 0.25) is 0 Å². The van der Waals surface area contributed by atoms with Gasteiger partial charge >= 0.3 is 5.97 Å². The van der Waals surface area contributed by atoms with E-state index in [0.29, 0.717) is 11.4 Å². The fourth-order valence-electron chi connectivity index (χ4n) is 1.47. The van der Waals surface area contributed by atoms with Crippen LogP contribution in [0.1, 0.15) is 20.8 Å². The Kier molecular flexibility index (Phi) is 4.53. The number of hydrogen-bond donors (Lipinski definition) is 2. The molecular weight excluding hydrogens is 235 g/mol. The molecule has 1 aromatic rings. The first-order chi connectivity index (χ1) is 8.32. The third-order valence-corrected chi connectivity index (χ3v) is 2.86. The first-order valence-electron chi connectivity index (χ1n) is 5.84. The van der Waals surface area contributed by atoms with Crippen molar-refractivity contribution in [1.82, 2.24) is 0 Å². The molecule has 0 amide bonds. The van der Waals surface area contributed by atoms with Crippen molar-refractivity contribution in [2.75, 3.05) is 17.3 Å². The first-order valence-corrected chi connectivity index (χ1v) is 5.84. The lowest BCUT2D eigenvalue weighted by Crippen LogP contribution is -2.27. The van der Waals surface area contributed by atoms with Crippen LogP contribution in [0.3, 0.4) is 0 Å². The zero-order chi connectivity index (χ0) is 13.9. The number of rotatable bonds is 5. The summed E-state index contributed by atoms with van der Waals surface area (Å²) in [5.41, 5.74) is 0.960. The van der Waals surface area contributed by atoms with E-state index in [1.54, 1.807) is 12.1 Å². The largest absolute Gasteiger partial charge is 0.480 e. The second kappa shape index (κ2) is 5.71. The zero-order valence-electron chi connectivity index (χ0n) is 11.1. The highest BCUT2D eigenvalue weighted by atomic mass is 19.1. The van der Waals surface area contributed by atoms with Crippen molar-refractivity contribution < 1.29 is 14.3 Å². The van der Waals surface area contributed by atoms with Crippen molar-refractivity contribution in [1.29, 1.82) is 0 Å². The molecule has 0 aliphatic carbocycles. The first kappa shape index (κ1) is 14.3. The standard InChI is InChI=1S/C13H19FN2O2/c1-8(2)16(4)12-6-5-10(7-11(12)14)15-9(3)13(17)18/h5-9,15H,1-4H3,(H,17,18). The Balaban J connectivity index is 2.89. The molecule has 0 heterocycles. The third kappa shape index (κ3) is 3.35. The Morgan fingerprint density at radius 2 is 2.00 bits per heavy atom. The average molecular weight is 254 g/mol. The number of nitrogens with one attached hydrogen (secondary N) is 1. The lowest BCUT2D eigenvalue weighted by Gasteiger charge is -2.24. The van der Waals surface area contributed by atoms with Crippen LogP contribution >= 0.6 is 0 Å². The molecule has 100 valence electrons. The van der Waals surface area contributed by atoms with Gasteiger partial charge < -0.3 is 15.3 Å². The summed E-state index contributed by atoms with van der Waals surface area (Å²) in [5.74, 6) is -1.34. The summed E-state index contributed by atoms with van der Waals surface area (Å²) in [6, 6.07) is 4.07. The SMILES string of the molecule is CC(Nc1ccc(N(C)C(C)C)c(F)c1)C(=O)O. The topological polar surface area (TPSA) is 52.6 Å². The molecule has 2 N–H and O–H groups in total. The second-order valence-corrected chi connectivity index (χ2v) is 4.58. The summed E-state index contributed by atoms with van der Waals surface area (Å²) in [6.07, 6.45) is 0. The molecule has 0 bridgehead atoms. The van der Waals surface area contributed by atoms with Gasteiger partial charge in [-0.15, -0.1) is 0 Å². The Morgan fingerprint density at radius 3 is 2.44 bits per heavy atom. The van der Waals surface area contributed by atoms with Crippen molar-refractivity contribution >= 4 is 17.3 Å². The highest BCUT2D eigenvalue weighted by Gasteiger charge is 2.14. The van der Waals surface area contributed by atoms with E-state index in [9.17, 15) is 9.18 Å². The van der Waals surface area contributed by atoms with Crippen molar-refractivity contribution in [2.45, 2.75) is 32.9 Å². The maximum atomic E-state index is 13.9. The number of benzene rings is 1. The summed E-state index contributed by atoms with van der Waals surface area (Å²) in [6.45, 7) is 5.45. The molecule has 18 heavy (non-hydrogen) atoms. The van der Waals surface area contributed by atoms with Crippen molar-refractivity contribution in [3.05, 3.63) is 24.0 Å². The number of nitrogens with zero attached hydrogens (tertiary/aromatic N) is 1. The van der Waals surface area contributed by atoms with Gasteiger partial charge in [-0.1, -0.05) is 0 Å². The van der Waals surface area contributed by atoms with E-state index in [0.717, 1.165) is 0 Å². The molecule has 4 nitrogen and oxygen atoms in total. The van der Waals surface area contributed by atoms with Crippen molar-refractivity contribution in [2.24, 2.45) is 0 Å². The molecule has 0 radical (unpaired) electrons.